The number of hydrogen-bond donors (Lipinski definition) is 0. The summed E-state index contributed by atoms with van der Waals surface area (Å²) in [6.45, 7) is 3.31. The van der Waals surface area contributed by atoms with E-state index in [1.807, 2.05) is 48.4 Å². The van der Waals surface area contributed by atoms with Crippen molar-refractivity contribution in [2.45, 2.75) is 31.9 Å². The van der Waals surface area contributed by atoms with Crippen molar-refractivity contribution in [3.8, 4) is 11.5 Å². The molecule has 2 heterocycles. The molecule has 1 saturated heterocycles. The summed E-state index contributed by atoms with van der Waals surface area (Å²) in [5.74, 6) is 1.77. The number of likely N-dealkylation sites (tertiary alicyclic amines) is 1. The van der Waals surface area contributed by atoms with Crippen molar-refractivity contribution in [3.05, 3.63) is 42.7 Å². The minimum atomic E-state index is -0.265. The number of carbonyl (C=O) groups is 1. The molecule has 24 heavy (non-hydrogen) atoms. The summed E-state index contributed by atoms with van der Waals surface area (Å²) in [7, 11) is 1.65. The molecule has 0 N–H and O–H groups in total. The summed E-state index contributed by atoms with van der Waals surface area (Å²) in [5.41, 5.74) is 0. The highest BCUT2D eigenvalue weighted by molar-refractivity contribution is 5.80. The lowest BCUT2D eigenvalue weighted by atomic mass is 10.1. The number of amides is 1. The maximum absolute atomic E-state index is 12.5. The first-order chi connectivity index (χ1) is 11.7. The second-order valence-electron chi connectivity index (χ2n) is 5.98. The van der Waals surface area contributed by atoms with E-state index in [1.54, 1.807) is 18.0 Å². The molecule has 0 saturated carbocycles. The molecule has 128 valence electrons. The van der Waals surface area contributed by atoms with Crippen LogP contribution in [0.15, 0.2) is 42.7 Å². The van der Waals surface area contributed by atoms with Crippen LogP contribution in [0.2, 0.25) is 0 Å². The minimum absolute atomic E-state index is 0.113. The first kappa shape index (κ1) is 16.4. The SMILES string of the molecule is COc1ccc(OC2CCN(C(=O)C(C)n3cccn3)CC2)cc1. The lowest BCUT2D eigenvalue weighted by Gasteiger charge is -2.33. The Labute approximate surface area is 142 Å². The van der Waals surface area contributed by atoms with Crippen LogP contribution in [0.3, 0.4) is 0 Å². The van der Waals surface area contributed by atoms with Gasteiger partial charge in [-0.2, -0.15) is 5.10 Å². The Balaban J connectivity index is 1.50. The standard InChI is InChI=1S/C18H23N3O3/c1-14(21-11-3-10-19-21)18(22)20-12-8-17(9-13-20)24-16-6-4-15(23-2)5-7-16/h3-7,10-11,14,17H,8-9,12-13H2,1-2H3. The largest absolute Gasteiger partial charge is 0.497 e. The second-order valence-corrected chi connectivity index (χ2v) is 5.98. The number of hydrogen-bond acceptors (Lipinski definition) is 4. The Hall–Kier alpha value is -2.50. The molecule has 1 aromatic heterocycles. The van der Waals surface area contributed by atoms with Gasteiger partial charge in [0.25, 0.3) is 0 Å². The quantitative estimate of drug-likeness (QED) is 0.846. The van der Waals surface area contributed by atoms with Crippen LogP contribution in [0.5, 0.6) is 11.5 Å². The summed E-state index contributed by atoms with van der Waals surface area (Å²) in [4.78, 5) is 14.4. The molecule has 1 amide bonds. The number of benzene rings is 1. The third-order valence-electron chi connectivity index (χ3n) is 4.39. The van der Waals surface area contributed by atoms with Gasteiger partial charge in [-0.05, 0) is 37.3 Å². The highest BCUT2D eigenvalue weighted by atomic mass is 16.5. The van der Waals surface area contributed by atoms with Crippen molar-refractivity contribution >= 4 is 5.91 Å². The summed E-state index contributed by atoms with van der Waals surface area (Å²) >= 11 is 0. The number of piperidine rings is 1. The molecule has 3 rings (SSSR count). The number of nitrogens with zero attached hydrogens (tertiary/aromatic N) is 3. The third kappa shape index (κ3) is 3.69. The van der Waals surface area contributed by atoms with Crippen LogP contribution in [-0.4, -0.2) is 46.9 Å². The number of rotatable bonds is 5. The van der Waals surface area contributed by atoms with Crippen molar-refractivity contribution in [3.63, 3.8) is 0 Å². The van der Waals surface area contributed by atoms with Gasteiger partial charge in [0.2, 0.25) is 5.91 Å². The van der Waals surface area contributed by atoms with Gasteiger partial charge in [0.1, 0.15) is 23.6 Å². The average molecular weight is 329 g/mol. The van der Waals surface area contributed by atoms with E-state index < -0.39 is 0 Å². The molecule has 0 radical (unpaired) electrons. The first-order valence-electron chi connectivity index (χ1n) is 8.26. The van der Waals surface area contributed by atoms with Crippen LogP contribution in [0.25, 0.3) is 0 Å². The van der Waals surface area contributed by atoms with Gasteiger partial charge in [-0.15, -0.1) is 0 Å². The number of aromatic nitrogens is 2. The maximum Gasteiger partial charge on any atom is 0.247 e. The van der Waals surface area contributed by atoms with Crippen molar-refractivity contribution in [1.29, 1.82) is 0 Å². The van der Waals surface area contributed by atoms with E-state index >= 15 is 0 Å². The van der Waals surface area contributed by atoms with Gasteiger partial charge in [-0.25, -0.2) is 0 Å². The van der Waals surface area contributed by atoms with E-state index in [2.05, 4.69) is 5.10 Å². The lowest BCUT2D eigenvalue weighted by Crippen LogP contribution is -2.44. The van der Waals surface area contributed by atoms with Gasteiger partial charge < -0.3 is 14.4 Å². The lowest BCUT2D eigenvalue weighted by molar-refractivity contribution is -0.136. The molecule has 1 aliphatic rings. The summed E-state index contributed by atoms with van der Waals surface area (Å²) in [5, 5.41) is 4.15. The van der Waals surface area contributed by atoms with Crippen LogP contribution in [-0.2, 0) is 4.79 Å². The predicted molar refractivity (Wildman–Crippen MR) is 90.2 cm³/mol. The fourth-order valence-corrected chi connectivity index (χ4v) is 2.93. The molecule has 1 fully saturated rings. The number of ether oxygens (including phenoxy) is 2. The van der Waals surface area contributed by atoms with Crippen molar-refractivity contribution in [2.24, 2.45) is 0 Å². The van der Waals surface area contributed by atoms with Crippen LogP contribution < -0.4 is 9.47 Å². The zero-order valence-corrected chi connectivity index (χ0v) is 14.1. The van der Waals surface area contributed by atoms with E-state index in [9.17, 15) is 4.79 Å². The Kier molecular flexibility index (Phi) is 5.03. The van der Waals surface area contributed by atoms with Crippen molar-refractivity contribution < 1.29 is 14.3 Å². The summed E-state index contributed by atoms with van der Waals surface area (Å²) < 4.78 is 12.8. The molecule has 6 heteroatoms. The molecule has 1 unspecified atom stereocenters. The smallest absolute Gasteiger partial charge is 0.247 e. The highest BCUT2D eigenvalue weighted by Gasteiger charge is 2.27. The maximum atomic E-state index is 12.5. The second kappa shape index (κ2) is 7.38. The van der Waals surface area contributed by atoms with Gasteiger partial charge >= 0.3 is 0 Å². The molecule has 2 aromatic rings. The van der Waals surface area contributed by atoms with E-state index in [4.69, 9.17) is 9.47 Å². The van der Waals surface area contributed by atoms with Crippen LogP contribution in [0.4, 0.5) is 0 Å². The molecular weight excluding hydrogens is 306 g/mol. The topological polar surface area (TPSA) is 56.6 Å². The van der Waals surface area contributed by atoms with Gasteiger partial charge in [0.15, 0.2) is 0 Å². The van der Waals surface area contributed by atoms with Crippen LogP contribution in [0, 0.1) is 0 Å². The van der Waals surface area contributed by atoms with Crippen molar-refractivity contribution in [1.82, 2.24) is 14.7 Å². The zero-order valence-electron chi connectivity index (χ0n) is 14.1. The average Bonchev–Trinajstić information content (AvgIpc) is 3.16. The summed E-state index contributed by atoms with van der Waals surface area (Å²) in [6, 6.07) is 9.17. The van der Waals surface area contributed by atoms with E-state index in [0.29, 0.717) is 13.1 Å². The zero-order chi connectivity index (χ0) is 16.9. The third-order valence-corrected chi connectivity index (χ3v) is 4.39. The van der Waals surface area contributed by atoms with Gasteiger partial charge in [-0.3, -0.25) is 9.48 Å². The highest BCUT2D eigenvalue weighted by Crippen LogP contribution is 2.23. The Morgan fingerprint density at radius 2 is 1.88 bits per heavy atom. The van der Waals surface area contributed by atoms with Crippen LogP contribution in [0.1, 0.15) is 25.8 Å². The normalized spacial score (nSPS) is 16.7. The fraction of sp³-hybridized carbons (Fsp3) is 0.444. The van der Waals surface area contributed by atoms with E-state index in [-0.39, 0.29) is 18.1 Å². The van der Waals surface area contributed by atoms with Crippen molar-refractivity contribution in [2.75, 3.05) is 20.2 Å². The Bertz CT molecular complexity index is 647. The van der Waals surface area contributed by atoms with Crippen LogP contribution >= 0.6 is 0 Å². The van der Waals surface area contributed by atoms with Gasteiger partial charge in [0.05, 0.1) is 7.11 Å². The molecule has 0 bridgehead atoms. The Morgan fingerprint density at radius 3 is 2.46 bits per heavy atom. The molecular formula is C18H23N3O3. The molecule has 1 aliphatic heterocycles. The number of carbonyl (C=O) groups excluding carboxylic acids is 1. The van der Waals surface area contributed by atoms with E-state index in [0.717, 1.165) is 24.3 Å². The molecule has 1 atom stereocenters. The molecule has 6 nitrogen and oxygen atoms in total. The van der Waals surface area contributed by atoms with Gasteiger partial charge in [0, 0.05) is 38.3 Å². The Morgan fingerprint density at radius 1 is 1.21 bits per heavy atom. The first-order valence-corrected chi connectivity index (χ1v) is 8.26. The number of methoxy groups -OCH3 is 1. The molecule has 0 spiro atoms. The predicted octanol–water partition coefficient (Wildman–Crippen LogP) is 2.52. The van der Waals surface area contributed by atoms with E-state index in [1.165, 1.54) is 0 Å². The molecule has 0 aliphatic carbocycles. The summed E-state index contributed by atoms with van der Waals surface area (Å²) in [6.07, 6.45) is 5.33. The minimum Gasteiger partial charge on any atom is -0.497 e. The molecule has 1 aromatic carbocycles. The van der Waals surface area contributed by atoms with Gasteiger partial charge in [-0.1, -0.05) is 0 Å². The monoisotopic (exact) mass is 329 g/mol. The fourth-order valence-electron chi connectivity index (χ4n) is 2.93.